The maximum absolute atomic E-state index is 11.8. The summed E-state index contributed by atoms with van der Waals surface area (Å²) in [6.07, 6.45) is 1.05. The number of hydrogen-bond donors (Lipinski definition) is 2. The molecule has 0 fully saturated rings. The first kappa shape index (κ1) is 11.7. The van der Waals surface area contributed by atoms with E-state index in [0.717, 1.165) is 6.21 Å². The second-order valence-corrected chi connectivity index (χ2v) is 6.03. The number of sulfone groups is 1. The van der Waals surface area contributed by atoms with Crippen LogP contribution in [0, 0.1) is 5.41 Å². The van der Waals surface area contributed by atoms with Crippen LogP contribution in [0.2, 0.25) is 0 Å². The summed E-state index contributed by atoms with van der Waals surface area (Å²) >= 11 is 0. The Labute approximate surface area is 89.5 Å². The summed E-state index contributed by atoms with van der Waals surface area (Å²) in [5.41, 5.74) is 6.41. The molecule has 0 aromatic heterocycles. The van der Waals surface area contributed by atoms with Gasteiger partial charge in [-0.3, -0.25) is 0 Å². The molecule has 3 N–H and O–H groups in total. The van der Waals surface area contributed by atoms with E-state index in [1.807, 2.05) is 0 Å². The van der Waals surface area contributed by atoms with Gasteiger partial charge in [0.15, 0.2) is 9.84 Å². The van der Waals surface area contributed by atoms with Gasteiger partial charge in [0.2, 0.25) is 0 Å². The highest BCUT2D eigenvalue weighted by Crippen LogP contribution is 2.20. The van der Waals surface area contributed by atoms with Crippen molar-refractivity contribution in [1.82, 2.24) is 0 Å². The summed E-state index contributed by atoms with van der Waals surface area (Å²) in [5.74, 6) is 0. The van der Waals surface area contributed by atoms with Crippen molar-refractivity contribution in [3.63, 3.8) is 0 Å². The quantitative estimate of drug-likeness (QED) is 0.604. The minimum absolute atomic E-state index is 0.213. The smallest absolute Gasteiger partial charge is 0.180 e. The Morgan fingerprint density at radius 2 is 2.00 bits per heavy atom. The molecule has 0 saturated heterocycles. The zero-order valence-corrected chi connectivity index (χ0v) is 9.51. The molecule has 0 amide bonds. The lowest BCUT2D eigenvalue weighted by Gasteiger charge is -2.09. The van der Waals surface area contributed by atoms with Crippen LogP contribution in [0.5, 0.6) is 0 Å². The Morgan fingerprint density at radius 1 is 1.40 bits per heavy atom. The van der Waals surface area contributed by atoms with Gasteiger partial charge in [-0.25, -0.2) is 8.42 Å². The van der Waals surface area contributed by atoms with Gasteiger partial charge in [0.05, 0.1) is 10.1 Å². The lowest BCUT2D eigenvalue weighted by molar-refractivity contribution is 0.587. The second kappa shape index (κ2) is 4.02. The number of rotatable bonds is 3. The van der Waals surface area contributed by atoms with Crippen molar-refractivity contribution in [2.24, 2.45) is 0 Å². The van der Waals surface area contributed by atoms with Crippen LogP contribution in [-0.4, -0.2) is 19.9 Å². The Morgan fingerprint density at radius 3 is 2.47 bits per heavy atom. The van der Waals surface area contributed by atoms with Crippen LogP contribution in [0.1, 0.15) is 19.4 Å². The molecule has 1 aromatic carbocycles. The third-order valence-corrected chi connectivity index (χ3v) is 4.32. The van der Waals surface area contributed by atoms with Gasteiger partial charge in [-0.15, -0.1) is 0 Å². The third kappa shape index (κ3) is 2.18. The fraction of sp³-hybridized carbons (Fsp3) is 0.300. The molecule has 0 aliphatic carbocycles. The highest BCUT2D eigenvalue weighted by molar-refractivity contribution is 7.92. The van der Waals surface area contributed by atoms with Gasteiger partial charge in [-0.2, -0.15) is 0 Å². The fourth-order valence-electron chi connectivity index (χ4n) is 1.13. The first-order valence-corrected chi connectivity index (χ1v) is 6.08. The molecule has 0 radical (unpaired) electrons. The highest BCUT2D eigenvalue weighted by atomic mass is 32.2. The lowest BCUT2D eigenvalue weighted by Crippen LogP contribution is -2.14. The van der Waals surface area contributed by atoms with Gasteiger partial charge >= 0.3 is 0 Å². The summed E-state index contributed by atoms with van der Waals surface area (Å²) in [6.45, 7) is 3.24. The molecule has 1 rings (SSSR count). The predicted molar refractivity (Wildman–Crippen MR) is 61.1 cm³/mol. The van der Waals surface area contributed by atoms with E-state index in [2.05, 4.69) is 0 Å². The number of anilines is 1. The van der Waals surface area contributed by atoms with E-state index in [4.69, 9.17) is 11.1 Å². The van der Waals surface area contributed by atoms with Crippen molar-refractivity contribution in [3.05, 3.63) is 23.8 Å². The number of hydrogen-bond acceptors (Lipinski definition) is 4. The minimum Gasteiger partial charge on any atom is -0.398 e. The zero-order chi connectivity index (χ0) is 11.6. The van der Waals surface area contributed by atoms with Crippen LogP contribution in [0.3, 0.4) is 0 Å². The molecular formula is C10H14N2O2S. The average molecular weight is 226 g/mol. The average Bonchev–Trinajstić information content (AvgIpc) is 2.18. The fourth-order valence-corrected chi connectivity index (χ4v) is 2.22. The number of nitrogens with one attached hydrogen (secondary N) is 1. The molecule has 0 unspecified atom stereocenters. The van der Waals surface area contributed by atoms with E-state index >= 15 is 0 Å². The molecular weight excluding hydrogens is 212 g/mol. The molecule has 0 aliphatic rings. The molecule has 0 heterocycles. The largest absolute Gasteiger partial charge is 0.398 e. The van der Waals surface area contributed by atoms with E-state index < -0.39 is 15.1 Å². The van der Waals surface area contributed by atoms with Gasteiger partial charge in [0.25, 0.3) is 0 Å². The van der Waals surface area contributed by atoms with Crippen LogP contribution in [0.15, 0.2) is 23.1 Å². The van der Waals surface area contributed by atoms with Crippen molar-refractivity contribution in [2.75, 3.05) is 5.73 Å². The SMILES string of the molecule is CC(C)S(=O)(=O)c1ccc(N)c(C=N)c1. The minimum atomic E-state index is -3.29. The molecule has 1 aromatic rings. The van der Waals surface area contributed by atoms with Gasteiger partial charge in [0, 0.05) is 17.5 Å². The molecule has 82 valence electrons. The van der Waals surface area contributed by atoms with Gasteiger partial charge in [0.1, 0.15) is 0 Å². The number of nitrogens with two attached hydrogens (primary N) is 1. The number of nitrogen functional groups attached to an aromatic ring is 1. The highest BCUT2D eigenvalue weighted by Gasteiger charge is 2.19. The van der Waals surface area contributed by atoms with E-state index in [1.165, 1.54) is 18.2 Å². The van der Waals surface area contributed by atoms with Gasteiger partial charge < -0.3 is 11.1 Å². The van der Waals surface area contributed by atoms with E-state index in [0.29, 0.717) is 11.3 Å². The van der Waals surface area contributed by atoms with E-state index in [9.17, 15) is 8.42 Å². The van der Waals surface area contributed by atoms with Crippen LogP contribution >= 0.6 is 0 Å². The Bertz CT molecular complexity index is 478. The summed E-state index contributed by atoms with van der Waals surface area (Å²) in [5, 5.41) is 6.62. The van der Waals surface area contributed by atoms with E-state index in [1.54, 1.807) is 13.8 Å². The molecule has 5 heteroatoms. The van der Waals surface area contributed by atoms with E-state index in [-0.39, 0.29) is 4.90 Å². The molecule has 0 atom stereocenters. The first-order chi connectivity index (χ1) is 6.89. The monoisotopic (exact) mass is 226 g/mol. The Balaban J connectivity index is 3.35. The maximum atomic E-state index is 11.8. The molecule has 4 nitrogen and oxygen atoms in total. The molecule has 0 saturated carbocycles. The van der Waals surface area contributed by atoms with Gasteiger partial charge in [-0.05, 0) is 32.0 Å². The summed E-state index contributed by atoms with van der Waals surface area (Å²) in [6, 6.07) is 4.41. The van der Waals surface area contributed by atoms with Crippen molar-refractivity contribution < 1.29 is 8.42 Å². The lowest BCUT2D eigenvalue weighted by atomic mass is 10.2. The zero-order valence-electron chi connectivity index (χ0n) is 8.69. The molecule has 0 bridgehead atoms. The number of benzene rings is 1. The normalized spacial score (nSPS) is 11.7. The topological polar surface area (TPSA) is 84.0 Å². The van der Waals surface area contributed by atoms with Crippen LogP contribution in [-0.2, 0) is 9.84 Å². The summed E-state index contributed by atoms with van der Waals surface area (Å²) in [4.78, 5) is 0.213. The molecule has 0 spiro atoms. The van der Waals surface area contributed by atoms with Crippen molar-refractivity contribution in [1.29, 1.82) is 5.41 Å². The maximum Gasteiger partial charge on any atom is 0.180 e. The predicted octanol–water partition coefficient (Wildman–Crippen LogP) is 1.45. The van der Waals surface area contributed by atoms with Crippen molar-refractivity contribution in [3.8, 4) is 0 Å². The van der Waals surface area contributed by atoms with Gasteiger partial charge in [-0.1, -0.05) is 0 Å². The van der Waals surface area contributed by atoms with Crippen LogP contribution in [0.25, 0.3) is 0 Å². The molecule has 15 heavy (non-hydrogen) atoms. The van der Waals surface area contributed by atoms with Crippen LogP contribution < -0.4 is 5.73 Å². The standard InChI is InChI=1S/C10H14N2O2S/c1-7(2)15(13,14)9-3-4-10(12)8(5-9)6-11/h3-7,11H,12H2,1-2H3. The third-order valence-electron chi connectivity index (χ3n) is 2.16. The van der Waals surface area contributed by atoms with Crippen molar-refractivity contribution >= 4 is 21.7 Å². The molecule has 0 aliphatic heterocycles. The Hall–Kier alpha value is -1.36. The van der Waals surface area contributed by atoms with Crippen LogP contribution in [0.4, 0.5) is 5.69 Å². The Kier molecular flexibility index (Phi) is 3.14. The second-order valence-electron chi connectivity index (χ2n) is 3.53. The van der Waals surface area contributed by atoms with Crippen molar-refractivity contribution in [2.45, 2.75) is 24.0 Å². The summed E-state index contributed by atoms with van der Waals surface area (Å²) in [7, 11) is -3.29. The summed E-state index contributed by atoms with van der Waals surface area (Å²) < 4.78 is 23.6. The first-order valence-electron chi connectivity index (χ1n) is 4.53.